The molecule has 1 fully saturated rings. The normalized spacial score (nSPS) is 15.5. The molecule has 0 saturated carbocycles. The number of imide groups is 1. The van der Waals surface area contributed by atoms with Crippen LogP contribution in [-0.2, 0) is 47.5 Å². The second-order valence-corrected chi connectivity index (χ2v) is 15.8. The molecule has 0 aliphatic carbocycles. The van der Waals surface area contributed by atoms with E-state index >= 15 is 4.39 Å². The monoisotopic (exact) mass is 904 g/mol. The van der Waals surface area contributed by atoms with E-state index in [1.165, 1.54) is 49.3 Å². The topological polar surface area (TPSA) is 239 Å². The summed E-state index contributed by atoms with van der Waals surface area (Å²) in [5, 5.41) is 22.6. The number of rotatable bonds is 24. The second-order valence-electron chi connectivity index (χ2n) is 14.5. The highest BCUT2D eigenvalue weighted by Gasteiger charge is 2.36. The number of aliphatic imine (C=N–C) groups is 1. The van der Waals surface area contributed by atoms with Gasteiger partial charge in [-0.1, -0.05) is 12.1 Å². The Kier molecular flexibility index (Phi) is 17.7. The maximum Gasteiger partial charge on any atom is 0.419 e. The zero-order chi connectivity index (χ0) is 45.4. The van der Waals surface area contributed by atoms with Crippen molar-refractivity contribution in [2.45, 2.75) is 55.8 Å². The number of nitrogens with two attached hydrogens (primary N) is 1. The molecule has 2 unspecified atom stereocenters. The Labute approximate surface area is 362 Å². The maximum absolute atomic E-state index is 15.1. The predicted molar refractivity (Wildman–Crippen MR) is 223 cm³/mol. The SMILES string of the molecule is CC(C)(O)Cn1cc(-c2nc(Nc3ccc(S(=O)NCCOC/C(C=NCCOCCOCCOc4cccc(C5CCC(=O)NC5=O)c4)=N/N)cc3F)ncc2C(F)(F)F)cn1. The van der Waals surface area contributed by atoms with Crippen molar-refractivity contribution in [3.05, 3.63) is 78.0 Å². The molecule has 6 N–H and O–H groups in total. The third-order valence-corrected chi connectivity index (χ3v) is 9.97. The van der Waals surface area contributed by atoms with Crippen molar-refractivity contribution in [3.63, 3.8) is 0 Å². The Morgan fingerprint density at radius 2 is 1.84 bits per heavy atom. The first-order valence-corrected chi connectivity index (χ1v) is 20.7. The zero-order valence-corrected chi connectivity index (χ0v) is 35.2. The van der Waals surface area contributed by atoms with Gasteiger partial charge in [0.25, 0.3) is 0 Å². The van der Waals surface area contributed by atoms with Gasteiger partial charge >= 0.3 is 6.18 Å². The number of hydrogen-bond acceptors (Lipinski definition) is 15. The number of nitrogens with zero attached hydrogens (tertiary/aromatic N) is 6. The first-order chi connectivity index (χ1) is 30.1. The smallest absolute Gasteiger partial charge is 0.419 e. The van der Waals surface area contributed by atoms with Gasteiger partial charge in [0.15, 0.2) is 0 Å². The number of piperidine rings is 1. The first kappa shape index (κ1) is 48.3. The lowest BCUT2D eigenvalue weighted by Gasteiger charge is -2.21. The van der Waals surface area contributed by atoms with E-state index in [-0.39, 0.29) is 66.1 Å². The summed E-state index contributed by atoms with van der Waals surface area (Å²) in [7, 11) is -1.85. The number of aromatic nitrogens is 4. The molecule has 0 radical (unpaired) electrons. The third kappa shape index (κ3) is 15.5. The van der Waals surface area contributed by atoms with Crippen molar-refractivity contribution in [2.75, 3.05) is 64.7 Å². The molecule has 1 saturated heterocycles. The minimum Gasteiger partial charge on any atom is -0.491 e. The van der Waals surface area contributed by atoms with E-state index in [4.69, 9.17) is 24.8 Å². The summed E-state index contributed by atoms with van der Waals surface area (Å²) in [6, 6.07) is 10.8. The molecule has 1 aliphatic heterocycles. The molecule has 340 valence electrons. The van der Waals surface area contributed by atoms with Crippen LogP contribution in [0.25, 0.3) is 11.3 Å². The fourth-order valence-corrected chi connectivity index (χ4v) is 6.74. The summed E-state index contributed by atoms with van der Waals surface area (Å²) in [4.78, 5) is 35.6. The van der Waals surface area contributed by atoms with E-state index in [1.807, 2.05) is 6.07 Å². The molecule has 2 atom stereocenters. The fraction of sp³-hybridized carbons (Fsp3) is 0.425. The molecule has 3 heterocycles. The number of carbonyl (C=O) groups excluding carboxylic acids is 2. The van der Waals surface area contributed by atoms with Crippen LogP contribution in [-0.4, -0.2) is 118 Å². The third-order valence-electron chi connectivity index (χ3n) is 8.82. The minimum atomic E-state index is -4.80. The predicted octanol–water partition coefficient (Wildman–Crippen LogP) is 3.66. The highest BCUT2D eigenvalue weighted by Crippen LogP contribution is 2.36. The average molecular weight is 905 g/mol. The van der Waals surface area contributed by atoms with Crippen molar-refractivity contribution in [3.8, 4) is 17.0 Å². The summed E-state index contributed by atoms with van der Waals surface area (Å²) in [6.45, 7) is 5.22. The molecule has 23 heteroatoms. The lowest BCUT2D eigenvalue weighted by Crippen LogP contribution is -2.39. The molecule has 1 aliphatic rings. The van der Waals surface area contributed by atoms with Crippen LogP contribution in [0.15, 0.2) is 76.0 Å². The van der Waals surface area contributed by atoms with Gasteiger partial charge in [0, 0.05) is 37.1 Å². The maximum atomic E-state index is 15.1. The number of aliphatic hydroxyl groups is 1. The van der Waals surface area contributed by atoms with Gasteiger partial charge in [0.2, 0.25) is 17.8 Å². The molecule has 4 aromatic rings. The Bertz CT molecular complexity index is 2250. The lowest BCUT2D eigenvalue weighted by molar-refractivity contribution is -0.137. The average Bonchev–Trinajstić information content (AvgIpc) is 3.69. The molecule has 2 aromatic carbocycles. The molecular weight excluding hydrogens is 857 g/mol. The van der Waals surface area contributed by atoms with Crippen LogP contribution in [0.3, 0.4) is 0 Å². The quantitative estimate of drug-likeness (QED) is 0.0169. The summed E-state index contributed by atoms with van der Waals surface area (Å²) in [5.74, 6) is 3.90. The number of alkyl halides is 3. The second kappa shape index (κ2) is 23.1. The zero-order valence-electron chi connectivity index (χ0n) is 34.4. The molecule has 2 amide bonds. The molecule has 0 spiro atoms. The van der Waals surface area contributed by atoms with Crippen LogP contribution in [0.5, 0.6) is 5.75 Å². The Balaban J connectivity index is 0.946. The summed E-state index contributed by atoms with van der Waals surface area (Å²) in [5.41, 5.74) is -1.84. The van der Waals surface area contributed by atoms with Crippen LogP contribution in [0.4, 0.5) is 29.2 Å². The number of benzene rings is 2. The van der Waals surface area contributed by atoms with Gasteiger partial charge in [0.1, 0.15) is 40.4 Å². The Morgan fingerprint density at radius 1 is 1.06 bits per heavy atom. The van der Waals surface area contributed by atoms with E-state index in [0.29, 0.717) is 70.1 Å². The van der Waals surface area contributed by atoms with E-state index in [0.717, 1.165) is 11.6 Å². The number of hydrogen-bond donors (Lipinski definition) is 5. The van der Waals surface area contributed by atoms with Crippen LogP contribution in [0, 0.1) is 5.82 Å². The molecular formula is C40H48F4N10O8S. The Morgan fingerprint density at radius 3 is 2.57 bits per heavy atom. The highest BCUT2D eigenvalue weighted by molar-refractivity contribution is 7.83. The standard InChI is InChI=1S/C40H48F4N10O8S/c1-39(2,57)25-54-23-27(20-48-54)36-32(40(42,43)44)22-47-38(52-36)50-34-8-6-30(19-33(34)41)63(58)49-11-13-61-24-28(53-45)21-46-10-12-59-14-15-60-16-17-62-29-5-3-4-26(18-29)31-7-9-35(55)51-37(31)56/h3-6,8,18-23,31,49,57H,7,9-17,24-25,45H2,1-2H3,(H,47,50,52)(H,51,55,56)/b46-21?,53-28+. The highest BCUT2D eigenvalue weighted by atomic mass is 32.2. The van der Waals surface area contributed by atoms with Gasteiger partial charge < -0.3 is 35.2 Å². The van der Waals surface area contributed by atoms with E-state index in [1.54, 1.807) is 18.2 Å². The van der Waals surface area contributed by atoms with Crippen LogP contribution < -0.4 is 25.9 Å². The minimum absolute atomic E-state index is 0.00848. The number of carbonyl (C=O) groups is 2. The molecule has 18 nitrogen and oxygen atoms in total. The van der Waals surface area contributed by atoms with E-state index in [2.05, 4.69) is 40.5 Å². The van der Waals surface area contributed by atoms with Gasteiger partial charge in [0.05, 0.1) is 86.7 Å². The number of amides is 2. The van der Waals surface area contributed by atoms with Crippen molar-refractivity contribution >= 4 is 46.4 Å². The molecule has 0 bridgehead atoms. The van der Waals surface area contributed by atoms with Gasteiger partial charge in [-0.25, -0.2) is 23.3 Å². The van der Waals surface area contributed by atoms with E-state index in [9.17, 15) is 32.1 Å². The Hall–Kier alpha value is -5.72. The number of halogens is 4. The van der Waals surface area contributed by atoms with Crippen molar-refractivity contribution in [1.29, 1.82) is 0 Å². The van der Waals surface area contributed by atoms with Crippen LogP contribution >= 0.6 is 0 Å². The van der Waals surface area contributed by atoms with Gasteiger partial charge in [-0.15, -0.1) is 0 Å². The fourth-order valence-electron chi connectivity index (χ4n) is 5.91. The van der Waals surface area contributed by atoms with Crippen molar-refractivity contribution in [1.82, 2.24) is 29.8 Å². The number of anilines is 2. The van der Waals surface area contributed by atoms with Crippen LogP contribution in [0.1, 0.15) is 43.7 Å². The van der Waals surface area contributed by atoms with Gasteiger partial charge in [-0.2, -0.15) is 23.4 Å². The number of nitrogens with one attached hydrogen (secondary N) is 3. The van der Waals surface area contributed by atoms with Gasteiger partial charge in [-0.3, -0.25) is 24.6 Å². The van der Waals surface area contributed by atoms with Crippen LogP contribution in [0.2, 0.25) is 0 Å². The number of ether oxygens (including phenoxy) is 4. The summed E-state index contributed by atoms with van der Waals surface area (Å²) in [6.07, 6.45) is 0.460. The lowest BCUT2D eigenvalue weighted by atomic mass is 9.90. The molecule has 5 rings (SSSR count). The number of hydrazone groups is 1. The van der Waals surface area contributed by atoms with E-state index < -0.39 is 39.8 Å². The first-order valence-electron chi connectivity index (χ1n) is 19.6. The largest absolute Gasteiger partial charge is 0.491 e. The van der Waals surface area contributed by atoms with Crippen molar-refractivity contribution < 1.29 is 55.4 Å². The summed E-state index contributed by atoms with van der Waals surface area (Å²) < 4.78 is 95.6. The summed E-state index contributed by atoms with van der Waals surface area (Å²) >= 11 is 0. The van der Waals surface area contributed by atoms with Crippen molar-refractivity contribution in [2.24, 2.45) is 15.9 Å². The molecule has 63 heavy (non-hydrogen) atoms. The van der Waals surface area contributed by atoms with Gasteiger partial charge in [-0.05, 0) is 56.2 Å². The molecule has 2 aromatic heterocycles.